The fraction of sp³-hybridized carbons (Fsp3) is 0. The molecule has 0 aliphatic heterocycles. The van der Waals surface area contributed by atoms with Crippen LogP contribution in [0.15, 0.2) is 48.5 Å². The highest BCUT2D eigenvalue weighted by Crippen LogP contribution is 2.24. The average molecular weight is 274 g/mol. The van der Waals surface area contributed by atoms with E-state index in [1.165, 1.54) is 0 Å². The number of hydrogen-bond donors (Lipinski definition) is 0. The summed E-state index contributed by atoms with van der Waals surface area (Å²) in [4.78, 5) is 0. The number of halogens is 2. The first-order valence-electron chi connectivity index (χ1n) is 5.33. The van der Waals surface area contributed by atoms with E-state index in [2.05, 4.69) is 6.07 Å². The lowest BCUT2D eigenvalue weighted by atomic mass is 10.0. The lowest BCUT2D eigenvalue weighted by Crippen LogP contribution is -1.82. The topological polar surface area (TPSA) is 23.8 Å². The molecule has 0 fully saturated rings. The van der Waals surface area contributed by atoms with Crippen molar-refractivity contribution in [3.63, 3.8) is 0 Å². The minimum Gasteiger partial charge on any atom is -0.192 e. The molecule has 18 heavy (non-hydrogen) atoms. The fourth-order valence-corrected chi connectivity index (χ4v) is 1.96. The zero-order valence-electron chi connectivity index (χ0n) is 9.40. The molecule has 0 N–H and O–H groups in total. The van der Waals surface area contributed by atoms with Gasteiger partial charge in [-0.25, -0.2) is 0 Å². The molecule has 0 amide bonds. The first-order valence-corrected chi connectivity index (χ1v) is 6.08. The van der Waals surface area contributed by atoms with Gasteiger partial charge in [0.05, 0.1) is 11.6 Å². The number of nitriles is 1. The van der Waals surface area contributed by atoms with E-state index in [1.807, 2.05) is 30.3 Å². The molecule has 0 atom stereocenters. The van der Waals surface area contributed by atoms with Gasteiger partial charge in [-0.05, 0) is 35.4 Å². The number of allylic oxidation sites excluding steroid dienone is 1. The SMILES string of the molecule is N#C/C(=C/c1ccccc1Cl)c1cccc(Cl)c1. The maximum Gasteiger partial charge on any atom is 0.0998 e. The second-order valence-corrected chi connectivity index (χ2v) is 4.55. The molecule has 2 rings (SSSR count). The normalized spacial score (nSPS) is 11.1. The second-order valence-electron chi connectivity index (χ2n) is 3.70. The summed E-state index contributed by atoms with van der Waals surface area (Å²) >= 11 is 12.0. The highest BCUT2D eigenvalue weighted by atomic mass is 35.5. The van der Waals surface area contributed by atoms with Crippen LogP contribution in [0.2, 0.25) is 10.0 Å². The Balaban J connectivity index is 2.47. The summed E-state index contributed by atoms with van der Waals surface area (Å²) in [5, 5.41) is 10.4. The van der Waals surface area contributed by atoms with E-state index < -0.39 is 0 Å². The molecule has 0 aliphatic carbocycles. The Morgan fingerprint density at radius 2 is 1.83 bits per heavy atom. The van der Waals surface area contributed by atoms with Crippen molar-refractivity contribution in [3.05, 3.63) is 69.7 Å². The van der Waals surface area contributed by atoms with E-state index in [9.17, 15) is 5.26 Å². The third-order valence-corrected chi connectivity index (χ3v) is 3.04. The van der Waals surface area contributed by atoms with E-state index in [1.54, 1.807) is 24.3 Å². The van der Waals surface area contributed by atoms with Gasteiger partial charge in [-0.2, -0.15) is 5.26 Å². The van der Waals surface area contributed by atoms with Crippen LogP contribution in [0.4, 0.5) is 0 Å². The molecule has 0 aromatic heterocycles. The summed E-state index contributed by atoms with van der Waals surface area (Å²) in [5.41, 5.74) is 2.13. The van der Waals surface area contributed by atoms with Gasteiger partial charge >= 0.3 is 0 Å². The van der Waals surface area contributed by atoms with Crippen molar-refractivity contribution >= 4 is 34.9 Å². The Labute approximate surface area is 116 Å². The molecule has 0 saturated carbocycles. The summed E-state index contributed by atoms with van der Waals surface area (Å²) in [6.45, 7) is 0. The molecule has 0 aliphatic rings. The quantitative estimate of drug-likeness (QED) is 0.554. The van der Waals surface area contributed by atoms with E-state index in [-0.39, 0.29) is 0 Å². The third-order valence-electron chi connectivity index (χ3n) is 2.46. The maximum atomic E-state index is 9.22. The summed E-state index contributed by atoms with van der Waals surface area (Å²) in [6, 6.07) is 16.7. The van der Waals surface area contributed by atoms with Gasteiger partial charge in [-0.1, -0.05) is 53.5 Å². The highest BCUT2D eigenvalue weighted by Gasteiger charge is 2.03. The van der Waals surface area contributed by atoms with Gasteiger partial charge < -0.3 is 0 Å². The van der Waals surface area contributed by atoms with Crippen LogP contribution in [-0.2, 0) is 0 Å². The van der Waals surface area contributed by atoms with Gasteiger partial charge in [0, 0.05) is 10.0 Å². The molecule has 0 unspecified atom stereocenters. The van der Waals surface area contributed by atoms with E-state index in [0.29, 0.717) is 15.6 Å². The average Bonchev–Trinajstić information content (AvgIpc) is 2.38. The van der Waals surface area contributed by atoms with Crippen molar-refractivity contribution < 1.29 is 0 Å². The van der Waals surface area contributed by atoms with E-state index in [0.717, 1.165) is 11.1 Å². The van der Waals surface area contributed by atoms with Crippen LogP contribution < -0.4 is 0 Å². The number of benzene rings is 2. The van der Waals surface area contributed by atoms with Crippen molar-refractivity contribution in [1.82, 2.24) is 0 Å². The van der Waals surface area contributed by atoms with E-state index in [4.69, 9.17) is 23.2 Å². The largest absolute Gasteiger partial charge is 0.192 e. The standard InChI is InChI=1S/C15H9Cl2N/c16-14-6-3-5-11(9-14)13(10-18)8-12-4-1-2-7-15(12)17/h1-9H/b13-8-. The Bertz CT molecular complexity index is 639. The minimum absolute atomic E-state index is 0.533. The van der Waals surface area contributed by atoms with Gasteiger partial charge in [-0.15, -0.1) is 0 Å². The summed E-state index contributed by atoms with van der Waals surface area (Å²) in [6.07, 6.45) is 1.76. The second kappa shape index (κ2) is 5.73. The molecule has 0 heterocycles. The van der Waals surface area contributed by atoms with Crippen LogP contribution in [0.25, 0.3) is 11.6 Å². The zero-order chi connectivity index (χ0) is 13.0. The molecule has 0 radical (unpaired) electrons. The molecular formula is C15H9Cl2N. The lowest BCUT2D eigenvalue weighted by Gasteiger charge is -2.02. The molecular weight excluding hydrogens is 265 g/mol. The van der Waals surface area contributed by atoms with Crippen molar-refractivity contribution in [2.24, 2.45) is 0 Å². The molecule has 2 aromatic rings. The Kier molecular flexibility index (Phi) is 4.04. The summed E-state index contributed by atoms with van der Waals surface area (Å²) in [7, 11) is 0. The number of hydrogen-bond acceptors (Lipinski definition) is 1. The van der Waals surface area contributed by atoms with E-state index >= 15 is 0 Å². The third kappa shape index (κ3) is 2.92. The van der Waals surface area contributed by atoms with Crippen molar-refractivity contribution in [3.8, 4) is 6.07 Å². The smallest absolute Gasteiger partial charge is 0.0998 e. The predicted octanol–water partition coefficient (Wildman–Crippen LogP) is 5.06. The van der Waals surface area contributed by atoms with Crippen molar-refractivity contribution in [2.75, 3.05) is 0 Å². The summed E-state index contributed by atoms with van der Waals surface area (Å²) < 4.78 is 0. The van der Waals surface area contributed by atoms with Gasteiger partial charge in [0.2, 0.25) is 0 Å². The maximum absolute atomic E-state index is 9.22. The number of nitrogens with zero attached hydrogens (tertiary/aromatic N) is 1. The molecule has 3 heteroatoms. The monoisotopic (exact) mass is 273 g/mol. The van der Waals surface area contributed by atoms with Crippen LogP contribution in [0.1, 0.15) is 11.1 Å². The number of rotatable bonds is 2. The highest BCUT2D eigenvalue weighted by molar-refractivity contribution is 6.32. The molecule has 0 spiro atoms. The zero-order valence-corrected chi connectivity index (χ0v) is 10.9. The predicted molar refractivity (Wildman–Crippen MR) is 76.4 cm³/mol. The van der Waals surface area contributed by atoms with Gasteiger partial charge in [0.25, 0.3) is 0 Å². The van der Waals surface area contributed by atoms with Gasteiger partial charge in [-0.3, -0.25) is 0 Å². The first kappa shape index (κ1) is 12.7. The Morgan fingerprint density at radius 3 is 2.50 bits per heavy atom. The molecule has 1 nitrogen and oxygen atoms in total. The Hall–Kier alpha value is -1.75. The molecule has 0 bridgehead atoms. The summed E-state index contributed by atoms with van der Waals surface area (Å²) in [5.74, 6) is 0. The molecule has 88 valence electrons. The minimum atomic E-state index is 0.533. The Morgan fingerprint density at radius 1 is 1.06 bits per heavy atom. The molecule has 2 aromatic carbocycles. The van der Waals surface area contributed by atoms with Crippen LogP contribution in [0.3, 0.4) is 0 Å². The van der Waals surface area contributed by atoms with Gasteiger partial charge in [0.15, 0.2) is 0 Å². The van der Waals surface area contributed by atoms with Crippen LogP contribution in [0, 0.1) is 11.3 Å². The van der Waals surface area contributed by atoms with Crippen molar-refractivity contribution in [2.45, 2.75) is 0 Å². The van der Waals surface area contributed by atoms with Gasteiger partial charge in [0.1, 0.15) is 0 Å². The van der Waals surface area contributed by atoms with Crippen LogP contribution in [0.5, 0.6) is 0 Å². The van der Waals surface area contributed by atoms with Crippen LogP contribution in [-0.4, -0.2) is 0 Å². The van der Waals surface area contributed by atoms with Crippen molar-refractivity contribution in [1.29, 1.82) is 5.26 Å². The first-order chi connectivity index (χ1) is 8.70. The van der Waals surface area contributed by atoms with Crippen LogP contribution >= 0.6 is 23.2 Å². The lowest BCUT2D eigenvalue weighted by molar-refractivity contribution is 1.52. The molecule has 0 saturated heterocycles. The fourth-order valence-electron chi connectivity index (χ4n) is 1.58.